The third-order valence-electron chi connectivity index (χ3n) is 2.27. The van der Waals surface area contributed by atoms with Crippen LogP contribution in [0.2, 0.25) is 19.6 Å². The summed E-state index contributed by atoms with van der Waals surface area (Å²) in [7, 11) is -1.21. The van der Waals surface area contributed by atoms with Gasteiger partial charge in [0.1, 0.15) is 0 Å². The molecule has 0 spiro atoms. The molecule has 0 saturated carbocycles. The van der Waals surface area contributed by atoms with Crippen molar-refractivity contribution in [2.75, 3.05) is 0 Å². The first-order valence-corrected chi connectivity index (χ1v) is 7.90. The number of hydrogen-bond acceptors (Lipinski definition) is 1. The van der Waals surface area contributed by atoms with Crippen LogP contribution in [0.4, 0.5) is 0 Å². The van der Waals surface area contributed by atoms with Crippen LogP contribution in [-0.2, 0) is 0 Å². The maximum atomic E-state index is 9.67. The first-order chi connectivity index (χ1) is 5.02. The van der Waals surface area contributed by atoms with Crippen molar-refractivity contribution in [2.24, 2.45) is 0 Å². The molecule has 1 aliphatic carbocycles. The lowest BCUT2D eigenvalue weighted by molar-refractivity contribution is 0.198. The molecule has 1 atom stereocenters. The zero-order chi connectivity index (χ0) is 8.48. The van der Waals surface area contributed by atoms with E-state index in [1.54, 1.807) is 0 Å². The van der Waals surface area contributed by atoms with Gasteiger partial charge in [0.05, 0.1) is 14.2 Å². The first kappa shape index (κ1) is 9.01. The zero-order valence-corrected chi connectivity index (χ0v) is 8.72. The molecule has 1 rings (SSSR count). The summed E-state index contributed by atoms with van der Waals surface area (Å²) < 4.78 is 0. The van der Waals surface area contributed by atoms with Gasteiger partial charge < -0.3 is 5.11 Å². The van der Waals surface area contributed by atoms with E-state index in [4.69, 9.17) is 0 Å². The Bertz CT molecular complexity index is 167. The van der Waals surface area contributed by atoms with Crippen molar-refractivity contribution in [3.8, 4) is 0 Å². The molecule has 1 nitrogen and oxygen atoms in total. The van der Waals surface area contributed by atoms with Crippen molar-refractivity contribution in [1.82, 2.24) is 0 Å². The third kappa shape index (κ3) is 2.17. The molecule has 0 unspecified atom stereocenters. The molecule has 1 N–H and O–H groups in total. The quantitative estimate of drug-likeness (QED) is 0.599. The van der Waals surface area contributed by atoms with Gasteiger partial charge in [-0.05, 0) is 19.3 Å². The zero-order valence-electron chi connectivity index (χ0n) is 7.72. The molecule has 0 heterocycles. The first-order valence-electron chi connectivity index (χ1n) is 4.40. The summed E-state index contributed by atoms with van der Waals surface area (Å²) in [4.78, 5) is 0. The van der Waals surface area contributed by atoms with E-state index >= 15 is 0 Å². The topological polar surface area (TPSA) is 20.2 Å². The molecule has 0 aromatic heterocycles. The molecule has 0 aromatic rings. The van der Waals surface area contributed by atoms with Crippen molar-refractivity contribution in [3.63, 3.8) is 0 Å². The van der Waals surface area contributed by atoms with Crippen molar-refractivity contribution >= 4 is 8.07 Å². The monoisotopic (exact) mass is 170 g/mol. The molecule has 0 amide bonds. The normalized spacial score (nSPS) is 26.5. The van der Waals surface area contributed by atoms with Crippen molar-refractivity contribution in [1.29, 1.82) is 0 Å². The van der Waals surface area contributed by atoms with Gasteiger partial charge in [0.15, 0.2) is 0 Å². The highest BCUT2D eigenvalue weighted by Crippen LogP contribution is 2.26. The van der Waals surface area contributed by atoms with E-state index in [2.05, 4.69) is 25.7 Å². The van der Waals surface area contributed by atoms with Crippen molar-refractivity contribution < 1.29 is 5.11 Å². The summed E-state index contributed by atoms with van der Waals surface area (Å²) in [6.45, 7) is 6.90. The van der Waals surface area contributed by atoms with E-state index in [1.807, 2.05) is 0 Å². The van der Waals surface area contributed by atoms with E-state index in [1.165, 1.54) is 11.6 Å². The van der Waals surface area contributed by atoms with Gasteiger partial charge in [-0.3, -0.25) is 0 Å². The van der Waals surface area contributed by atoms with Crippen LogP contribution < -0.4 is 0 Å². The minimum atomic E-state index is -1.21. The Kier molecular flexibility index (Phi) is 2.55. The van der Waals surface area contributed by atoms with Crippen LogP contribution >= 0.6 is 0 Å². The Hall–Kier alpha value is -0.0831. The van der Waals surface area contributed by atoms with Crippen LogP contribution in [0.25, 0.3) is 0 Å². The van der Waals surface area contributed by atoms with Crippen LogP contribution in [0.3, 0.4) is 0 Å². The maximum absolute atomic E-state index is 9.67. The Morgan fingerprint density at radius 2 is 2.09 bits per heavy atom. The summed E-state index contributed by atoms with van der Waals surface area (Å²) in [5.74, 6) is 0. The largest absolute Gasteiger partial charge is 0.389 e. The number of hydrogen-bond donors (Lipinski definition) is 1. The molecule has 0 aromatic carbocycles. The SMILES string of the molecule is C[Si](C)(C)C1=CCCC[C@H]1O. The summed E-state index contributed by atoms with van der Waals surface area (Å²) in [6.07, 6.45) is 5.47. The highest BCUT2D eigenvalue weighted by Gasteiger charge is 2.26. The van der Waals surface area contributed by atoms with E-state index in [9.17, 15) is 5.11 Å². The van der Waals surface area contributed by atoms with Gasteiger partial charge in [-0.25, -0.2) is 0 Å². The molecule has 0 bridgehead atoms. The van der Waals surface area contributed by atoms with Gasteiger partial charge in [-0.15, -0.1) is 0 Å². The third-order valence-corrected chi connectivity index (χ3v) is 4.54. The second kappa shape index (κ2) is 3.11. The summed E-state index contributed by atoms with van der Waals surface area (Å²) in [6, 6.07) is 0. The highest BCUT2D eigenvalue weighted by molar-refractivity contribution is 6.83. The molecular formula is C9H18OSi. The average Bonchev–Trinajstić information content (AvgIpc) is 1.86. The number of rotatable bonds is 1. The lowest BCUT2D eigenvalue weighted by Crippen LogP contribution is -2.33. The maximum Gasteiger partial charge on any atom is 0.0753 e. The standard InChI is InChI=1S/C9H18OSi/c1-11(2,3)9-7-5-4-6-8(9)10/h7-8,10H,4-6H2,1-3H3/t8-/m1/s1. The number of allylic oxidation sites excluding steroid dienone is 1. The molecule has 11 heavy (non-hydrogen) atoms. The fraction of sp³-hybridized carbons (Fsp3) is 0.778. The van der Waals surface area contributed by atoms with Gasteiger partial charge in [0.25, 0.3) is 0 Å². The molecule has 0 fully saturated rings. The Morgan fingerprint density at radius 1 is 1.45 bits per heavy atom. The molecule has 1 aliphatic rings. The Labute approximate surface area is 70.1 Å². The van der Waals surface area contributed by atoms with Gasteiger partial charge >= 0.3 is 0 Å². The minimum absolute atomic E-state index is 0.115. The predicted octanol–water partition coefficient (Wildman–Crippen LogP) is 2.34. The van der Waals surface area contributed by atoms with Crippen LogP contribution in [-0.4, -0.2) is 19.3 Å². The molecule has 0 saturated heterocycles. The van der Waals surface area contributed by atoms with E-state index in [0.717, 1.165) is 12.8 Å². The molecule has 0 radical (unpaired) electrons. The lowest BCUT2D eigenvalue weighted by atomic mass is 10.1. The van der Waals surface area contributed by atoms with Gasteiger partial charge in [0.2, 0.25) is 0 Å². The fourth-order valence-electron chi connectivity index (χ4n) is 1.67. The van der Waals surface area contributed by atoms with Crippen LogP contribution in [0.1, 0.15) is 19.3 Å². The summed E-state index contributed by atoms with van der Waals surface area (Å²) in [5, 5.41) is 11.0. The van der Waals surface area contributed by atoms with Gasteiger partial charge in [-0.1, -0.05) is 30.9 Å². The average molecular weight is 170 g/mol. The number of aliphatic hydroxyl groups is 1. The number of aliphatic hydroxyl groups excluding tert-OH is 1. The molecule has 0 aliphatic heterocycles. The van der Waals surface area contributed by atoms with Crippen LogP contribution in [0, 0.1) is 0 Å². The predicted molar refractivity (Wildman–Crippen MR) is 51.3 cm³/mol. The van der Waals surface area contributed by atoms with Gasteiger partial charge in [-0.2, -0.15) is 0 Å². The second-order valence-electron chi connectivity index (χ2n) is 4.36. The van der Waals surface area contributed by atoms with Crippen molar-refractivity contribution in [2.45, 2.75) is 45.0 Å². The minimum Gasteiger partial charge on any atom is -0.389 e. The van der Waals surface area contributed by atoms with E-state index < -0.39 is 8.07 Å². The van der Waals surface area contributed by atoms with E-state index in [-0.39, 0.29) is 6.10 Å². The second-order valence-corrected chi connectivity index (χ2v) is 9.43. The molecular weight excluding hydrogens is 152 g/mol. The molecule has 2 heteroatoms. The smallest absolute Gasteiger partial charge is 0.0753 e. The Morgan fingerprint density at radius 3 is 2.45 bits per heavy atom. The summed E-state index contributed by atoms with van der Waals surface area (Å²) >= 11 is 0. The fourth-order valence-corrected chi connectivity index (χ4v) is 3.57. The summed E-state index contributed by atoms with van der Waals surface area (Å²) in [5.41, 5.74) is 0. The lowest BCUT2D eigenvalue weighted by Gasteiger charge is -2.28. The highest BCUT2D eigenvalue weighted by atomic mass is 28.3. The Balaban J connectivity index is 2.76. The van der Waals surface area contributed by atoms with Gasteiger partial charge in [0, 0.05) is 0 Å². The van der Waals surface area contributed by atoms with Crippen LogP contribution in [0.5, 0.6) is 0 Å². The van der Waals surface area contributed by atoms with E-state index in [0.29, 0.717) is 0 Å². The molecule has 64 valence electrons. The van der Waals surface area contributed by atoms with Crippen molar-refractivity contribution in [3.05, 3.63) is 11.3 Å². The van der Waals surface area contributed by atoms with Crippen LogP contribution in [0.15, 0.2) is 11.3 Å².